The molecular formula is C12H23NO3. The van der Waals surface area contributed by atoms with Crippen molar-refractivity contribution in [3.05, 3.63) is 0 Å². The van der Waals surface area contributed by atoms with Gasteiger partial charge in [0, 0.05) is 0 Å². The maximum absolute atomic E-state index is 11.6. The first kappa shape index (κ1) is 13.3. The zero-order valence-electron chi connectivity index (χ0n) is 10.7. The van der Waals surface area contributed by atoms with E-state index in [-0.39, 0.29) is 6.61 Å². The van der Waals surface area contributed by atoms with Gasteiger partial charge < -0.3 is 15.2 Å². The van der Waals surface area contributed by atoms with E-state index in [1.807, 2.05) is 27.7 Å². The van der Waals surface area contributed by atoms with Crippen molar-refractivity contribution in [2.75, 3.05) is 6.61 Å². The molecule has 2 N–H and O–H groups in total. The number of nitrogens with one attached hydrogen (secondary N) is 1. The van der Waals surface area contributed by atoms with Gasteiger partial charge in [-0.2, -0.15) is 0 Å². The van der Waals surface area contributed by atoms with Gasteiger partial charge in [-0.15, -0.1) is 0 Å². The molecule has 1 atom stereocenters. The Morgan fingerprint density at radius 3 is 2.25 bits per heavy atom. The van der Waals surface area contributed by atoms with Gasteiger partial charge in [0.2, 0.25) is 0 Å². The summed E-state index contributed by atoms with van der Waals surface area (Å²) in [6.45, 7) is 7.31. The highest BCUT2D eigenvalue weighted by Gasteiger charge is 2.39. The molecule has 1 amide bonds. The zero-order valence-corrected chi connectivity index (χ0v) is 10.7. The van der Waals surface area contributed by atoms with E-state index >= 15 is 0 Å². The van der Waals surface area contributed by atoms with Crippen LogP contribution in [0.4, 0.5) is 4.79 Å². The number of hydrogen-bond acceptors (Lipinski definition) is 3. The zero-order chi connectivity index (χ0) is 12.4. The number of amides is 1. The molecule has 0 bridgehead atoms. The molecule has 16 heavy (non-hydrogen) atoms. The number of hydrogen-bond donors (Lipinski definition) is 2. The number of carbonyl (C=O) groups is 1. The molecule has 1 saturated carbocycles. The lowest BCUT2D eigenvalue weighted by atomic mass is 9.72. The van der Waals surface area contributed by atoms with Crippen molar-refractivity contribution in [3.8, 4) is 0 Å². The molecule has 4 nitrogen and oxygen atoms in total. The van der Waals surface area contributed by atoms with Gasteiger partial charge in [0.05, 0.1) is 12.1 Å². The Morgan fingerprint density at radius 1 is 1.38 bits per heavy atom. The maximum Gasteiger partial charge on any atom is 0.408 e. The van der Waals surface area contributed by atoms with Crippen molar-refractivity contribution in [1.82, 2.24) is 5.32 Å². The molecule has 1 fully saturated rings. The standard InChI is InChI=1S/C12H23NO3/c1-11(2,3)16-10(15)13-12(4,8-14)9-6-5-7-9/h9,14H,5-8H2,1-4H3,(H,13,15). The van der Waals surface area contributed by atoms with Crippen molar-refractivity contribution in [3.63, 3.8) is 0 Å². The van der Waals surface area contributed by atoms with E-state index in [0.29, 0.717) is 5.92 Å². The molecule has 1 aliphatic carbocycles. The van der Waals surface area contributed by atoms with Crippen LogP contribution in [0.2, 0.25) is 0 Å². The smallest absolute Gasteiger partial charge is 0.408 e. The van der Waals surface area contributed by atoms with Crippen molar-refractivity contribution in [2.24, 2.45) is 5.92 Å². The number of aliphatic hydroxyl groups is 1. The Labute approximate surface area is 97.4 Å². The Kier molecular flexibility index (Phi) is 3.84. The summed E-state index contributed by atoms with van der Waals surface area (Å²) >= 11 is 0. The Balaban J connectivity index is 2.52. The second-order valence-corrected chi connectivity index (χ2v) is 5.83. The van der Waals surface area contributed by atoms with E-state index in [2.05, 4.69) is 5.32 Å². The van der Waals surface area contributed by atoms with Crippen molar-refractivity contribution in [2.45, 2.75) is 58.1 Å². The van der Waals surface area contributed by atoms with E-state index in [4.69, 9.17) is 4.74 Å². The Morgan fingerprint density at radius 2 is 1.94 bits per heavy atom. The maximum atomic E-state index is 11.6. The van der Waals surface area contributed by atoms with Crippen LogP contribution in [0.15, 0.2) is 0 Å². The predicted octanol–water partition coefficient (Wildman–Crippen LogP) is 2.06. The molecular weight excluding hydrogens is 206 g/mol. The molecule has 94 valence electrons. The first-order valence-electron chi connectivity index (χ1n) is 5.89. The number of aliphatic hydroxyl groups excluding tert-OH is 1. The number of carbonyl (C=O) groups excluding carboxylic acids is 1. The SMILES string of the molecule is CC(C)(C)OC(=O)NC(C)(CO)C1CCC1. The van der Waals surface area contributed by atoms with Gasteiger partial charge in [0.25, 0.3) is 0 Å². The predicted molar refractivity (Wildman–Crippen MR) is 62.2 cm³/mol. The third kappa shape index (κ3) is 3.37. The topological polar surface area (TPSA) is 58.6 Å². The average molecular weight is 229 g/mol. The molecule has 1 aliphatic rings. The summed E-state index contributed by atoms with van der Waals surface area (Å²) in [5, 5.41) is 12.2. The average Bonchev–Trinajstić information content (AvgIpc) is 1.96. The highest BCUT2D eigenvalue weighted by atomic mass is 16.6. The molecule has 0 aromatic carbocycles. The van der Waals surface area contributed by atoms with E-state index in [0.717, 1.165) is 12.8 Å². The largest absolute Gasteiger partial charge is 0.444 e. The van der Waals surface area contributed by atoms with Crippen LogP contribution in [0.3, 0.4) is 0 Å². The summed E-state index contributed by atoms with van der Waals surface area (Å²) in [6, 6.07) is 0. The lowest BCUT2D eigenvalue weighted by Crippen LogP contribution is -2.57. The van der Waals surface area contributed by atoms with E-state index in [1.165, 1.54) is 6.42 Å². The lowest BCUT2D eigenvalue weighted by molar-refractivity contribution is 0.0240. The molecule has 0 spiro atoms. The quantitative estimate of drug-likeness (QED) is 0.778. The molecule has 0 aromatic heterocycles. The molecule has 1 rings (SSSR count). The van der Waals surface area contributed by atoms with Crippen LogP contribution < -0.4 is 5.32 Å². The van der Waals surface area contributed by atoms with Crippen LogP contribution in [0.1, 0.15) is 47.0 Å². The summed E-state index contributed by atoms with van der Waals surface area (Å²) in [4.78, 5) is 11.6. The number of alkyl carbamates (subject to hydrolysis) is 1. The summed E-state index contributed by atoms with van der Waals surface area (Å²) in [5.41, 5.74) is -1.04. The van der Waals surface area contributed by atoms with Crippen LogP contribution in [0.5, 0.6) is 0 Å². The van der Waals surface area contributed by atoms with E-state index < -0.39 is 17.2 Å². The first-order valence-corrected chi connectivity index (χ1v) is 5.89. The van der Waals surface area contributed by atoms with Gasteiger partial charge >= 0.3 is 6.09 Å². The minimum absolute atomic E-state index is 0.0447. The summed E-state index contributed by atoms with van der Waals surface area (Å²) in [5.74, 6) is 0.366. The van der Waals surface area contributed by atoms with Gasteiger partial charge in [-0.25, -0.2) is 4.79 Å². The fraction of sp³-hybridized carbons (Fsp3) is 0.917. The van der Waals surface area contributed by atoms with Crippen LogP contribution in [-0.4, -0.2) is 28.9 Å². The van der Waals surface area contributed by atoms with Gasteiger partial charge in [0.15, 0.2) is 0 Å². The summed E-state index contributed by atoms with van der Waals surface area (Å²) in [6.07, 6.45) is 2.85. The van der Waals surface area contributed by atoms with Gasteiger partial charge in [-0.05, 0) is 46.5 Å². The molecule has 0 aliphatic heterocycles. The fourth-order valence-electron chi connectivity index (χ4n) is 1.85. The monoisotopic (exact) mass is 229 g/mol. The Hall–Kier alpha value is -0.770. The number of rotatable bonds is 3. The molecule has 0 radical (unpaired) electrons. The Bertz CT molecular complexity index is 255. The second-order valence-electron chi connectivity index (χ2n) is 5.83. The van der Waals surface area contributed by atoms with Gasteiger partial charge in [-0.1, -0.05) is 6.42 Å². The van der Waals surface area contributed by atoms with Crippen molar-refractivity contribution < 1.29 is 14.6 Å². The van der Waals surface area contributed by atoms with Crippen molar-refractivity contribution in [1.29, 1.82) is 0 Å². The third-order valence-corrected chi connectivity index (χ3v) is 3.12. The highest BCUT2D eigenvalue weighted by molar-refractivity contribution is 5.68. The van der Waals surface area contributed by atoms with Crippen LogP contribution in [0.25, 0.3) is 0 Å². The molecule has 0 saturated heterocycles. The normalized spacial score (nSPS) is 20.8. The fourth-order valence-corrected chi connectivity index (χ4v) is 1.85. The molecule has 1 unspecified atom stereocenters. The molecule has 0 aromatic rings. The molecule has 0 heterocycles. The van der Waals surface area contributed by atoms with Crippen molar-refractivity contribution >= 4 is 6.09 Å². The lowest BCUT2D eigenvalue weighted by Gasteiger charge is -2.42. The summed E-state index contributed by atoms with van der Waals surface area (Å²) < 4.78 is 5.19. The second kappa shape index (κ2) is 4.62. The van der Waals surface area contributed by atoms with E-state index in [9.17, 15) is 9.90 Å². The minimum atomic E-state index is -0.541. The minimum Gasteiger partial charge on any atom is -0.444 e. The van der Waals surface area contributed by atoms with Crippen LogP contribution in [0, 0.1) is 5.92 Å². The first-order chi connectivity index (χ1) is 7.27. The highest BCUT2D eigenvalue weighted by Crippen LogP contribution is 2.35. The van der Waals surface area contributed by atoms with Gasteiger partial charge in [-0.3, -0.25) is 0 Å². The van der Waals surface area contributed by atoms with Crippen LogP contribution >= 0.6 is 0 Å². The van der Waals surface area contributed by atoms with Gasteiger partial charge in [0.1, 0.15) is 5.60 Å². The van der Waals surface area contributed by atoms with E-state index in [1.54, 1.807) is 0 Å². The number of ether oxygens (including phenoxy) is 1. The third-order valence-electron chi connectivity index (χ3n) is 3.12. The summed E-state index contributed by atoms with van der Waals surface area (Å²) in [7, 11) is 0. The van der Waals surface area contributed by atoms with Crippen LogP contribution in [-0.2, 0) is 4.74 Å². The molecule has 4 heteroatoms.